The molecule has 0 spiro atoms. The standard InChI is InChI=1S/C30H43N5O3.C25H36N6O3.HNO/c36-26(27-13-7-9-21-38-27)12-6-1-2-8-20-37-24-16-14-23(15-17-24)33-30-34-28-25(18-19-31-28)29(35-30)32-22-10-4-3-5-11-22;26-34-22(32)10-6-1-2-7-17-33-20-13-11-19(12-14-20)29-25-30-23-21(15-16-27-23)24(31-25)28-18-8-4-3-5-9-18;1-2/h14-17,22,27H,1-13,18-21H2,(H3,31,32,33,34,35);11-14,18H,1-10,15-17,26H2,(H3,27,28,29,30,31);1H. The van der Waals surface area contributed by atoms with E-state index < -0.39 is 0 Å². The number of hydrogen-bond donors (Lipinski definition) is 8. The summed E-state index contributed by atoms with van der Waals surface area (Å²) in [5.41, 5.74) is 8.75. The van der Waals surface area contributed by atoms with Crippen molar-refractivity contribution < 1.29 is 28.6 Å². The predicted molar refractivity (Wildman–Crippen MR) is 291 cm³/mol. The average molecular weight is 1020 g/mol. The number of nitrogens with two attached hydrogens (primary N) is 1. The van der Waals surface area contributed by atoms with Crippen LogP contribution in [0, 0.1) is 10.5 Å². The molecule has 4 aromatic rings. The number of carbonyl (C=O) groups is 2. The molecule has 3 fully saturated rings. The highest BCUT2D eigenvalue weighted by molar-refractivity contribution is 5.83. The highest BCUT2D eigenvalue weighted by atomic mass is 16.7. The van der Waals surface area contributed by atoms with Crippen molar-refractivity contribution in [3.63, 3.8) is 0 Å². The van der Waals surface area contributed by atoms with Gasteiger partial charge in [0.15, 0.2) is 5.78 Å². The van der Waals surface area contributed by atoms with E-state index in [2.05, 4.69) is 47.3 Å². The average Bonchev–Trinajstić information content (AvgIpc) is 4.14. The Morgan fingerprint density at radius 2 is 1.04 bits per heavy atom. The zero-order chi connectivity index (χ0) is 51.6. The summed E-state index contributed by atoms with van der Waals surface area (Å²) >= 11 is 0. The van der Waals surface area contributed by atoms with E-state index in [0.29, 0.717) is 50.0 Å². The summed E-state index contributed by atoms with van der Waals surface area (Å²) < 4.78 is 17.4. The molecule has 19 nitrogen and oxygen atoms in total. The first-order valence-corrected chi connectivity index (χ1v) is 27.5. The van der Waals surface area contributed by atoms with E-state index >= 15 is 0 Å². The van der Waals surface area contributed by atoms with Crippen molar-refractivity contribution in [1.29, 1.82) is 5.59 Å². The van der Waals surface area contributed by atoms with Crippen LogP contribution in [0.25, 0.3) is 0 Å². The largest absolute Gasteiger partial charge is 0.494 e. The summed E-state index contributed by atoms with van der Waals surface area (Å²) in [5.74, 6) is 11.4. The molecule has 19 heteroatoms. The fourth-order valence-electron chi connectivity index (χ4n) is 10.2. The first kappa shape index (κ1) is 55.4. The molecule has 74 heavy (non-hydrogen) atoms. The molecular weight excluding hydrogens is 941 g/mol. The van der Waals surface area contributed by atoms with Crippen LogP contribution in [0.3, 0.4) is 0 Å². The van der Waals surface area contributed by atoms with Gasteiger partial charge in [-0.15, -0.1) is 0 Å². The molecule has 5 aliphatic rings. The number of nitrogens with zero attached hydrogens (tertiary/aromatic N) is 4. The quantitative estimate of drug-likeness (QED) is 0.0174. The molecule has 2 saturated carbocycles. The second-order valence-electron chi connectivity index (χ2n) is 19.9. The van der Waals surface area contributed by atoms with Crippen LogP contribution in [0.4, 0.5) is 46.5 Å². The SMILES string of the molecule is N=O.NOC(=O)CCCCCCOc1ccc(Nc2nc3c(c(NC4CCCCC4)n2)CCN3)cc1.O=C(CCCCCCOc1ccc(Nc2nc3c(c(NC4CCCCC4)n2)CCN3)cc1)C1CCCCO1. The normalized spacial score (nSPS) is 17.1. The van der Waals surface area contributed by atoms with Crippen molar-refractivity contribution in [3.05, 3.63) is 64.6 Å². The maximum absolute atomic E-state index is 12.2. The molecule has 1 saturated heterocycles. The maximum Gasteiger partial charge on any atom is 0.324 e. The first-order chi connectivity index (χ1) is 36.5. The fourth-order valence-corrected chi connectivity index (χ4v) is 10.2. The van der Waals surface area contributed by atoms with Gasteiger partial charge in [-0.3, -0.25) is 9.59 Å². The first-order valence-electron chi connectivity index (χ1n) is 27.5. The number of unbranched alkanes of at least 4 members (excludes halogenated alkanes) is 6. The summed E-state index contributed by atoms with van der Waals surface area (Å²) in [4.78, 5) is 53.9. The Hall–Kier alpha value is -6.34. The zero-order valence-electron chi connectivity index (χ0n) is 43.3. The third kappa shape index (κ3) is 18.0. The van der Waals surface area contributed by atoms with E-state index in [0.717, 1.165) is 149 Å². The number of rotatable bonds is 25. The smallest absolute Gasteiger partial charge is 0.324 e. The molecule has 2 aromatic carbocycles. The minimum Gasteiger partial charge on any atom is -0.494 e. The van der Waals surface area contributed by atoms with Crippen LogP contribution in [0.5, 0.6) is 11.5 Å². The molecule has 3 aliphatic heterocycles. The molecule has 1 atom stereocenters. The number of ketones is 1. The van der Waals surface area contributed by atoms with Gasteiger partial charge >= 0.3 is 5.97 Å². The molecular formula is C55H80N12O7. The predicted octanol–water partition coefficient (Wildman–Crippen LogP) is 11.4. The van der Waals surface area contributed by atoms with E-state index in [1.54, 1.807) is 0 Å². The Balaban J connectivity index is 0.000000211. The van der Waals surface area contributed by atoms with Crippen LogP contribution >= 0.6 is 0 Å². The number of aromatic nitrogens is 4. The van der Waals surface area contributed by atoms with Gasteiger partial charge in [-0.1, -0.05) is 69.8 Å². The number of anilines is 8. The molecule has 2 aliphatic carbocycles. The Kier molecular flexibility index (Phi) is 23.0. The number of nitroso groups, excluding NO2 is 1. The highest BCUT2D eigenvalue weighted by Gasteiger charge is 2.25. The summed E-state index contributed by atoms with van der Waals surface area (Å²) in [6.07, 6.45) is 26.3. The molecule has 402 valence electrons. The van der Waals surface area contributed by atoms with E-state index in [-0.39, 0.29) is 17.9 Å². The number of benzene rings is 2. The van der Waals surface area contributed by atoms with Crippen LogP contribution < -0.4 is 47.3 Å². The van der Waals surface area contributed by atoms with Gasteiger partial charge in [-0.05, 0) is 132 Å². The lowest BCUT2D eigenvalue weighted by atomic mass is 9.95. The van der Waals surface area contributed by atoms with Gasteiger partial charge in [0, 0.05) is 67.1 Å². The minimum absolute atomic E-state index is 0.143. The lowest BCUT2D eigenvalue weighted by Gasteiger charge is -2.24. The second kappa shape index (κ2) is 30.8. The Morgan fingerprint density at radius 1 is 0.581 bits per heavy atom. The van der Waals surface area contributed by atoms with E-state index in [1.807, 2.05) is 48.5 Å². The van der Waals surface area contributed by atoms with Crippen LogP contribution in [-0.4, -0.2) is 82.8 Å². The summed E-state index contributed by atoms with van der Waals surface area (Å²) in [7, 11) is 0. The maximum atomic E-state index is 12.2. The van der Waals surface area contributed by atoms with E-state index in [1.165, 1.54) is 75.3 Å². The summed E-state index contributed by atoms with van der Waals surface area (Å²) in [6.45, 7) is 3.88. The van der Waals surface area contributed by atoms with Gasteiger partial charge in [0.25, 0.3) is 0 Å². The molecule has 0 bridgehead atoms. The molecule has 5 heterocycles. The van der Waals surface area contributed by atoms with Gasteiger partial charge in [0.05, 0.1) is 13.2 Å². The molecule has 2 aromatic heterocycles. The van der Waals surface area contributed by atoms with Crippen LogP contribution in [0.2, 0.25) is 0 Å². The van der Waals surface area contributed by atoms with Crippen LogP contribution in [0.1, 0.15) is 159 Å². The van der Waals surface area contributed by atoms with Gasteiger partial charge in [0.2, 0.25) is 11.9 Å². The van der Waals surface area contributed by atoms with Crippen molar-refractivity contribution in [2.75, 3.05) is 64.8 Å². The lowest BCUT2D eigenvalue weighted by Crippen LogP contribution is -2.27. The third-order valence-electron chi connectivity index (χ3n) is 14.3. The van der Waals surface area contributed by atoms with Crippen molar-refractivity contribution in [2.24, 2.45) is 5.90 Å². The Morgan fingerprint density at radius 3 is 1.50 bits per heavy atom. The van der Waals surface area contributed by atoms with Crippen LogP contribution in [-0.2, 0) is 32.0 Å². The molecule has 9 rings (SSSR count). The van der Waals surface area contributed by atoms with E-state index in [9.17, 15) is 9.59 Å². The summed E-state index contributed by atoms with van der Waals surface area (Å²) in [5, 5.41) is 20.9. The molecule has 0 radical (unpaired) electrons. The number of fused-ring (bicyclic) bond motifs is 2. The lowest BCUT2D eigenvalue weighted by molar-refractivity contribution is -0.144. The minimum atomic E-state index is -0.358. The molecule has 9 N–H and O–H groups in total. The highest BCUT2D eigenvalue weighted by Crippen LogP contribution is 2.33. The number of carbonyl (C=O) groups excluding carboxylic acids is 2. The number of Topliss-reactive ketones (excluding diaryl/α,β-unsaturated/α-hetero) is 1. The number of hydrogen-bond acceptors (Lipinski definition) is 19. The molecule has 0 amide bonds. The van der Waals surface area contributed by atoms with Gasteiger partial charge in [-0.25, -0.2) is 0 Å². The van der Waals surface area contributed by atoms with Gasteiger partial charge < -0.3 is 50.9 Å². The van der Waals surface area contributed by atoms with Crippen molar-refractivity contribution in [3.8, 4) is 11.5 Å². The molecule has 1 unspecified atom stereocenters. The fraction of sp³-hybridized carbons (Fsp3) is 0.600. The van der Waals surface area contributed by atoms with Gasteiger partial charge in [-0.2, -0.15) is 30.7 Å². The summed E-state index contributed by atoms with van der Waals surface area (Å²) in [6, 6.07) is 16.8. The van der Waals surface area contributed by atoms with Gasteiger partial charge in [0.1, 0.15) is 40.9 Å². The van der Waals surface area contributed by atoms with Crippen molar-refractivity contribution in [2.45, 2.75) is 179 Å². The monoisotopic (exact) mass is 1020 g/mol. The van der Waals surface area contributed by atoms with E-state index in [4.69, 9.17) is 40.0 Å². The third-order valence-corrected chi connectivity index (χ3v) is 14.3. The Bertz CT molecular complexity index is 2310. The Labute approximate surface area is 436 Å². The zero-order valence-corrected chi connectivity index (χ0v) is 43.3. The number of nitrogens with one attached hydrogen (secondary N) is 7. The van der Waals surface area contributed by atoms with Crippen molar-refractivity contribution >= 4 is 58.3 Å². The topological polar surface area (TPSA) is 262 Å². The number of ether oxygens (including phenoxy) is 3. The van der Waals surface area contributed by atoms with Crippen molar-refractivity contribution in [1.82, 2.24) is 19.9 Å². The van der Waals surface area contributed by atoms with Crippen LogP contribution in [0.15, 0.2) is 48.5 Å². The second-order valence-corrected chi connectivity index (χ2v) is 19.9.